The van der Waals surface area contributed by atoms with E-state index in [1.54, 1.807) is 17.0 Å². The van der Waals surface area contributed by atoms with Crippen LogP contribution in [0.5, 0.6) is 0 Å². The fraction of sp³-hybridized carbons (Fsp3) is 0.556. The summed E-state index contributed by atoms with van der Waals surface area (Å²) >= 11 is 0. The molecule has 0 aliphatic heterocycles. The van der Waals surface area contributed by atoms with Crippen LogP contribution in [0.4, 0.5) is 0 Å². The molecule has 2 amide bonds. The molecule has 35 heavy (non-hydrogen) atoms. The summed E-state index contributed by atoms with van der Waals surface area (Å²) in [5.74, 6) is -0.870. The molecule has 0 radical (unpaired) electrons. The van der Waals surface area contributed by atoms with Crippen LogP contribution in [0.1, 0.15) is 85.2 Å². The van der Waals surface area contributed by atoms with E-state index in [2.05, 4.69) is 34.4 Å². The minimum Gasteiger partial charge on any atom is -0.351 e. The van der Waals surface area contributed by atoms with Crippen LogP contribution in [0.15, 0.2) is 41.6 Å². The quantitative estimate of drug-likeness (QED) is 0.543. The molecule has 3 rings (SSSR count). The van der Waals surface area contributed by atoms with Crippen molar-refractivity contribution in [3.05, 3.63) is 63.8 Å². The van der Waals surface area contributed by atoms with E-state index in [1.807, 2.05) is 18.2 Å². The Kier molecular flexibility index (Phi) is 10.5. The number of aromatic nitrogens is 2. The minimum absolute atomic E-state index is 0.000571. The maximum Gasteiger partial charge on any atom is 0.256 e. The van der Waals surface area contributed by atoms with Crippen molar-refractivity contribution in [3.63, 3.8) is 0 Å². The molecular weight excluding hydrogens is 442 g/mol. The van der Waals surface area contributed by atoms with E-state index >= 15 is 0 Å². The van der Waals surface area contributed by atoms with Gasteiger partial charge in [0.1, 0.15) is 11.1 Å². The Labute approximate surface area is 208 Å². The largest absolute Gasteiger partial charge is 0.351 e. The number of hydrogen-bond acceptors (Lipinski definition) is 5. The van der Waals surface area contributed by atoms with Crippen LogP contribution in [0, 0.1) is 0 Å². The molecule has 1 fully saturated rings. The third-order valence-corrected chi connectivity index (χ3v) is 6.69. The first-order valence-corrected chi connectivity index (χ1v) is 13.0. The summed E-state index contributed by atoms with van der Waals surface area (Å²) < 4.78 is 1.70. The highest BCUT2D eigenvalue weighted by atomic mass is 16.2. The average Bonchev–Trinajstić information content (AvgIpc) is 2.84. The number of likely N-dealkylation sites (N-methyl/N-ethyl adjacent to an activating group) is 1. The topological polar surface area (TPSA) is 96.3 Å². The van der Waals surface area contributed by atoms with Crippen molar-refractivity contribution in [2.45, 2.75) is 71.4 Å². The van der Waals surface area contributed by atoms with Gasteiger partial charge >= 0.3 is 0 Å². The fourth-order valence-electron chi connectivity index (χ4n) is 4.55. The Morgan fingerprint density at radius 1 is 1.00 bits per heavy atom. The molecule has 8 nitrogen and oxygen atoms in total. The van der Waals surface area contributed by atoms with Crippen molar-refractivity contribution in [3.8, 4) is 0 Å². The highest BCUT2D eigenvalue weighted by Gasteiger charge is 2.22. The number of carbonyl (C=O) groups excluding carboxylic acids is 2. The lowest BCUT2D eigenvalue weighted by atomic mass is 9.96. The van der Waals surface area contributed by atoms with Crippen molar-refractivity contribution in [2.75, 3.05) is 26.2 Å². The molecular formula is C27H39N5O3. The van der Waals surface area contributed by atoms with Gasteiger partial charge in [-0.2, -0.15) is 0 Å². The Bertz CT molecular complexity index is 1010. The lowest BCUT2D eigenvalue weighted by molar-refractivity contribution is 0.0928. The maximum atomic E-state index is 13.3. The van der Waals surface area contributed by atoms with Crippen LogP contribution in [0.25, 0.3) is 0 Å². The summed E-state index contributed by atoms with van der Waals surface area (Å²) in [6.07, 6.45) is 12.3. The summed E-state index contributed by atoms with van der Waals surface area (Å²) in [6.45, 7) is 7.39. The van der Waals surface area contributed by atoms with E-state index in [4.69, 9.17) is 0 Å². The molecule has 1 aliphatic carbocycles. The molecule has 0 atom stereocenters. The van der Waals surface area contributed by atoms with E-state index in [-0.39, 0.29) is 17.2 Å². The number of nitrogens with zero attached hydrogens (tertiary/aromatic N) is 3. The number of carbonyl (C=O) groups is 2. The van der Waals surface area contributed by atoms with Crippen LogP contribution in [-0.4, -0.2) is 58.5 Å². The van der Waals surface area contributed by atoms with Gasteiger partial charge in [0.2, 0.25) is 5.43 Å². The Morgan fingerprint density at radius 3 is 2.29 bits per heavy atom. The molecule has 2 aromatic heterocycles. The number of nitrogens with one attached hydrogen (secondary N) is 2. The van der Waals surface area contributed by atoms with E-state index in [0.717, 1.165) is 44.5 Å². The minimum atomic E-state index is -0.536. The van der Waals surface area contributed by atoms with Crippen molar-refractivity contribution in [1.29, 1.82) is 0 Å². The first-order chi connectivity index (χ1) is 17.0. The van der Waals surface area contributed by atoms with Gasteiger partial charge in [0.15, 0.2) is 0 Å². The normalized spacial score (nSPS) is 14.8. The SMILES string of the molecule is CCN(CC)CCNC(=O)c1cn(Cc2ccccn2)cc(C(=O)NC2CCCCCCC2)c1=O. The second-order valence-corrected chi connectivity index (χ2v) is 9.21. The van der Waals surface area contributed by atoms with Gasteiger partial charge in [-0.15, -0.1) is 0 Å². The fourth-order valence-corrected chi connectivity index (χ4v) is 4.55. The van der Waals surface area contributed by atoms with Crippen LogP contribution < -0.4 is 16.1 Å². The van der Waals surface area contributed by atoms with Crippen molar-refractivity contribution >= 4 is 11.8 Å². The lowest BCUT2D eigenvalue weighted by Crippen LogP contribution is -2.41. The lowest BCUT2D eigenvalue weighted by Gasteiger charge is -2.21. The number of rotatable bonds is 10. The summed E-state index contributed by atoms with van der Waals surface area (Å²) in [5.41, 5.74) is 0.214. The third kappa shape index (κ3) is 8.02. The zero-order chi connectivity index (χ0) is 25.0. The number of amides is 2. The second kappa shape index (κ2) is 13.8. The monoisotopic (exact) mass is 481 g/mol. The van der Waals surface area contributed by atoms with Crippen molar-refractivity contribution in [2.24, 2.45) is 0 Å². The van der Waals surface area contributed by atoms with Crippen LogP contribution in [0.2, 0.25) is 0 Å². The molecule has 1 saturated carbocycles. The van der Waals surface area contributed by atoms with E-state index in [9.17, 15) is 14.4 Å². The maximum absolute atomic E-state index is 13.3. The molecule has 2 aromatic rings. The molecule has 0 saturated heterocycles. The average molecular weight is 482 g/mol. The summed E-state index contributed by atoms with van der Waals surface area (Å²) in [7, 11) is 0. The van der Waals surface area contributed by atoms with E-state index in [1.165, 1.54) is 25.5 Å². The first-order valence-electron chi connectivity index (χ1n) is 13.0. The second-order valence-electron chi connectivity index (χ2n) is 9.21. The molecule has 0 aromatic carbocycles. The molecule has 8 heteroatoms. The highest BCUT2D eigenvalue weighted by molar-refractivity contribution is 5.99. The molecule has 1 aliphatic rings. The van der Waals surface area contributed by atoms with Gasteiger partial charge in [-0.1, -0.05) is 52.0 Å². The standard InChI is InChI=1S/C27H39N5O3/c1-3-31(4-2)17-16-29-26(34)23-19-32(18-22-14-10-11-15-28-22)20-24(25(23)33)27(35)30-21-12-8-6-5-7-9-13-21/h10-11,14-15,19-21H,3-9,12-13,16-18H2,1-2H3,(H,29,34)(H,30,35). The highest BCUT2D eigenvalue weighted by Crippen LogP contribution is 2.17. The molecule has 190 valence electrons. The van der Waals surface area contributed by atoms with Gasteiger partial charge in [-0.3, -0.25) is 19.4 Å². The van der Waals surface area contributed by atoms with Gasteiger partial charge < -0.3 is 20.1 Å². The Hall–Kier alpha value is -3.00. The van der Waals surface area contributed by atoms with Crippen LogP contribution in [-0.2, 0) is 6.54 Å². The van der Waals surface area contributed by atoms with Crippen LogP contribution >= 0.6 is 0 Å². The van der Waals surface area contributed by atoms with Gasteiger partial charge in [-0.05, 0) is 38.1 Å². The van der Waals surface area contributed by atoms with E-state index < -0.39 is 17.2 Å². The predicted molar refractivity (Wildman–Crippen MR) is 138 cm³/mol. The smallest absolute Gasteiger partial charge is 0.256 e. The zero-order valence-corrected chi connectivity index (χ0v) is 21.1. The van der Waals surface area contributed by atoms with Gasteiger partial charge in [0.25, 0.3) is 11.8 Å². The number of hydrogen-bond donors (Lipinski definition) is 2. The van der Waals surface area contributed by atoms with Crippen molar-refractivity contribution in [1.82, 2.24) is 25.1 Å². The van der Waals surface area contributed by atoms with Gasteiger partial charge in [0.05, 0.1) is 12.2 Å². The molecule has 0 unspecified atom stereocenters. The number of pyridine rings is 2. The zero-order valence-electron chi connectivity index (χ0n) is 21.1. The molecule has 2 N–H and O–H groups in total. The predicted octanol–water partition coefficient (Wildman–Crippen LogP) is 3.21. The van der Waals surface area contributed by atoms with Gasteiger partial charge in [-0.25, -0.2) is 0 Å². The third-order valence-electron chi connectivity index (χ3n) is 6.69. The van der Waals surface area contributed by atoms with Crippen molar-refractivity contribution < 1.29 is 9.59 Å². The van der Waals surface area contributed by atoms with Gasteiger partial charge in [0, 0.05) is 37.7 Å². The summed E-state index contributed by atoms with van der Waals surface area (Å²) in [5, 5.41) is 5.92. The Balaban J connectivity index is 1.83. The summed E-state index contributed by atoms with van der Waals surface area (Å²) in [4.78, 5) is 46.0. The van der Waals surface area contributed by atoms with E-state index in [0.29, 0.717) is 19.6 Å². The molecule has 0 bridgehead atoms. The Morgan fingerprint density at radius 2 is 1.66 bits per heavy atom. The first kappa shape index (κ1) is 26.6. The van der Waals surface area contributed by atoms with Crippen LogP contribution in [0.3, 0.4) is 0 Å². The molecule has 0 spiro atoms. The summed E-state index contributed by atoms with van der Waals surface area (Å²) in [6, 6.07) is 5.64. The molecule has 2 heterocycles.